The molecule has 0 atom stereocenters. The number of anilines is 1. The first-order valence-electron chi connectivity index (χ1n) is 12.2. The minimum atomic E-state index is -4.21. The van der Waals surface area contributed by atoms with Crippen LogP contribution in [0.3, 0.4) is 0 Å². The van der Waals surface area contributed by atoms with Gasteiger partial charge in [0.05, 0.1) is 33.0 Å². The molecular weight excluding hydrogens is 504 g/mol. The van der Waals surface area contributed by atoms with Gasteiger partial charge in [-0.15, -0.1) is 0 Å². The van der Waals surface area contributed by atoms with Crippen molar-refractivity contribution in [2.24, 2.45) is 0 Å². The van der Waals surface area contributed by atoms with E-state index in [2.05, 4.69) is 5.32 Å². The van der Waals surface area contributed by atoms with E-state index in [9.17, 15) is 13.2 Å². The van der Waals surface area contributed by atoms with Crippen molar-refractivity contribution in [2.45, 2.75) is 27.3 Å². The molecule has 0 aliphatic carbocycles. The Bertz CT molecular complexity index is 1480. The van der Waals surface area contributed by atoms with Gasteiger partial charge < -0.3 is 19.5 Å². The minimum Gasteiger partial charge on any atom is -0.493 e. The van der Waals surface area contributed by atoms with Crippen LogP contribution < -0.4 is 23.8 Å². The zero-order valence-corrected chi connectivity index (χ0v) is 23.0. The lowest BCUT2D eigenvalue weighted by atomic mass is 10.0. The van der Waals surface area contributed by atoms with Crippen LogP contribution in [0, 0.1) is 13.8 Å². The van der Waals surface area contributed by atoms with Crippen LogP contribution in [-0.2, 0) is 21.4 Å². The summed E-state index contributed by atoms with van der Waals surface area (Å²) in [7, 11) is -1.21. The molecule has 0 unspecified atom stereocenters. The highest BCUT2D eigenvalue weighted by Crippen LogP contribution is 2.45. The number of hydrogen-bond donors (Lipinski definition) is 1. The van der Waals surface area contributed by atoms with Gasteiger partial charge in [-0.1, -0.05) is 48.0 Å². The van der Waals surface area contributed by atoms with Crippen molar-refractivity contribution in [2.75, 3.05) is 31.7 Å². The summed E-state index contributed by atoms with van der Waals surface area (Å²) in [5.74, 6) is 0.856. The van der Waals surface area contributed by atoms with E-state index < -0.39 is 15.9 Å². The molecule has 200 valence electrons. The topological polar surface area (TPSA) is 94.2 Å². The number of fused-ring (bicyclic) bond motifs is 1. The number of rotatable bonds is 9. The van der Waals surface area contributed by atoms with Crippen LogP contribution in [0.5, 0.6) is 17.2 Å². The van der Waals surface area contributed by atoms with Crippen LogP contribution in [0.2, 0.25) is 0 Å². The van der Waals surface area contributed by atoms with Crippen LogP contribution in [0.15, 0.2) is 65.6 Å². The van der Waals surface area contributed by atoms with Crippen molar-refractivity contribution in [3.63, 3.8) is 0 Å². The Labute approximate surface area is 223 Å². The summed E-state index contributed by atoms with van der Waals surface area (Å²) >= 11 is 0. The summed E-state index contributed by atoms with van der Waals surface area (Å²) in [6, 6.07) is 18.4. The van der Waals surface area contributed by atoms with Gasteiger partial charge in [0, 0.05) is 11.6 Å². The molecule has 8 nitrogen and oxygen atoms in total. The smallest absolute Gasteiger partial charge is 0.270 e. The van der Waals surface area contributed by atoms with E-state index >= 15 is 0 Å². The number of nitrogens with one attached hydrogen (secondary N) is 1. The van der Waals surface area contributed by atoms with Gasteiger partial charge in [0.1, 0.15) is 12.4 Å². The maximum absolute atomic E-state index is 13.9. The predicted octanol–water partition coefficient (Wildman–Crippen LogP) is 4.60. The van der Waals surface area contributed by atoms with Crippen molar-refractivity contribution in [1.29, 1.82) is 0 Å². The zero-order chi connectivity index (χ0) is 27.4. The number of allylic oxidation sites excluding steroid dienone is 1. The monoisotopic (exact) mass is 536 g/mol. The average molecular weight is 537 g/mol. The standard InChI is InChI=1S/C29H32N2O6S/c1-19-11-12-25(20(2)15-19)37-14-13-30-29(32)28-21(3)23-16-26(35-4)27(36-5)17-24(23)31(38(28,33)34)18-22-9-7-6-8-10-22/h6-12,15-17H,13-14,18H2,1-5H3,(H,30,32). The molecule has 1 amide bonds. The Balaban J connectivity index is 1.66. The van der Waals surface area contributed by atoms with Crippen molar-refractivity contribution in [1.82, 2.24) is 5.32 Å². The van der Waals surface area contributed by atoms with Crippen LogP contribution in [-0.4, -0.2) is 41.7 Å². The van der Waals surface area contributed by atoms with E-state index in [0.29, 0.717) is 28.3 Å². The second-order valence-corrected chi connectivity index (χ2v) is 10.8. The van der Waals surface area contributed by atoms with E-state index in [1.54, 1.807) is 19.1 Å². The van der Waals surface area contributed by atoms with Gasteiger partial charge in [-0.3, -0.25) is 9.10 Å². The van der Waals surface area contributed by atoms with E-state index in [1.165, 1.54) is 18.5 Å². The number of sulfonamides is 1. The number of carbonyl (C=O) groups is 1. The van der Waals surface area contributed by atoms with E-state index in [4.69, 9.17) is 14.2 Å². The molecule has 9 heteroatoms. The van der Waals surface area contributed by atoms with Crippen molar-refractivity contribution in [3.8, 4) is 17.2 Å². The fourth-order valence-electron chi connectivity index (χ4n) is 4.50. The number of methoxy groups -OCH3 is 2. The molecule has 1 heterocycles. The molecule has 1 aliphatic rings. The summed E-state index contributed by atoms with van der Waals surface area (Å²) in [6.45, 7) is 5.95. The third-order valence-corrected chi connectivity index (χ3v) is 8.33. The van der Waals surface area contributed by atoms with Gasteiger partial charge >= 0.3 is 0 Å². The second kappa shape index (κ2) is 11.2. The van der Waals surface area contributed by atoms with E-state index in [-0.39, 0.29) is 24.6 Å². The highest BCUT2D eigenvalue weighted by molar-refractivity contribution is 7.97. The number of amides is 1. The summed E-state index contributed by atoms with van der Waals surface area (Å²) in [4.78, 5) is 13.0. The predicted molar refractivity (Wildman–Crippen MR) is 148 cm³/mol. The number of aryl methyl sites for hydroxylation is 2. The largest absolute Gasteiger partial charge is 0.493 e. The first kappa shape index (κ1) is 27.1. The molecule has 0 bridgehead atoms. The van der Waals surface area contributed by atoms with Crippen LogP contribution in [0.1, 0.15) is 29.2 Å². The first-order valence-corrected chi connectivity index (χ1v) is 13.6. The summed E-state index contributed by atoms with van der Waals surface area (Å²) in [5, 5.41) is 2.72. The lowest BCUT2D eigenvalue weighted by Crippen LogP contribution is -2.41. The molecule has 4 rings (SSSR count). The van der Waals surface area contributed by atoms with Crippen LogP contribution in [0.25, 0.3) is 5.57 Å². The van der Waals surface area contributed by atoms with Crippen molar-refractivity contribution in [3.05, 3.63) is 87.8 Å². The molecular formula is C29H32N2O6S. The Morgan fingerprint density at radius 2 is 1.58 bits per heavy atom. The van der Waals surface area contributed by atoms with Gasteiger partial charge in [0.15, 0.2) is 16.4 Å². The second-order valence-electron chi connectivity index (χ2n) is 9.05. The van der Waals surface area contributed by atoms with Gasteiger partial charge in [-0.2, -0.15) is 0 Å². The lowest BCUT2D eigenvalue weighted by molar-refractivity contribution is -0.116. The molecule has 3 aromatic carbocycles. The Kier molecular flexibility index (Phi) is 7.97. The summed E-state index contributed by atoms with van der Waals surface area (Å²) in [6.07, 6.45) is 0. The molecule has 0 saturated heterocycles. The molecule has 0 radical (unpaired) electrons. The fraction of sp³-hybridized carbons (Fsp3) is 0.276. The van der Waals surface area contributed by atoms with Crippen LogP contribution >= 0.6 is 0 Å². The lowest BCUT2D eigenvalue weighted by Gasteiger charge is -2.33. The van der Waals surface area contributed by atoms with E-state index in [0.717, 1.165) is 22.4 Å². The zero-order valence-electron chi connectivity index (χ0n) is 22.2. The molecule has 0 spiro atoms. The van der Waals surface area contributed by atoms with Gasteiger partial charge in [0.2, 0.25) is 0 Å². The molecule has 3 aromatic rings. The highest BCUT2D eigenvalue weighted by atomic mass is 32.2. The Morgan fingerprint density at radius 3 is 2.24 bits per heavy atom. The summed E-state index contributed by atoms with van der Waals surface area (Å²) < 4.78 is 45.8. The number of hydrogen-bond acceptors (Lipinski definition) is 6. The number of carbonyl (C=O) groups excluding carboxylic acids is 1. The molecule has 0 saturated carbocycles. The maximum atomic E-state index is 13.9. The quantitative estimate of drug-likeness (QED) is 0.402. The third kappa shape index (κ3) is 5.33. The fourth-order valence-corrected chi connectivity index (χ4v) is 6.26. The first-order chi connectivity index (χ1) is 18.2. The molecule has 38 heavy (non-hydrogen) atoms. The minimum absolute atomic E-state index is 0.0472. The summed E-state index contributed by atoms with van der Waals surface area (Å²) in [5.41, 5.74) is 4.21. The normalized spacial score (nSPS) is 14.1. The van der Waals surface area contributed by atoms with Gasteiger partial charge in [-0.25, -0.2) is 8.42 Å². The molecule has 1 aliphatic heterocycles. The third-order valence-electron chi connectivity index (χ3n) is 6.41. The maximum Gasteiger partial charge on any atom is 0.270 e. The number of benzene rings is 3. The number of ether oxygens (including phenoxy) is 3. The van der Waals surface area contributed by atoms with E-state index in [1.807, 2.05) is 62.4 Å². The number of nitrogens with zero attached hydrogens (tertiary/aromatic N) is 1. The molecule has 1 N–H and O–H groups in total. The Hall–Kier alpha value is -3.98. The van der Waals surface area contributed by atoms with Gasteiger partial charge in [-0.05, 0) is 49.6 Å². The average Bonchev–Trinajstić information content (AvgIpc) is 2.89. The SMILES string of the molecule is COc1cc2c(cc1OC)N(Cc1ccccc1)S(=O)(=O)C(C(=O)NCCOc1ccc(C)cc1C)=C2C. The van der Waals surface area contributed by atoms with Crippen molar-refractivity contribution < 1.29 is 27.4 Å². The molecule has 0 fully saturated rings. The highest BCUT2D eigenvalue weighted by Gasteiger charge is 2.40. The molecule has 0 aromatic heterocycles. The Morgan fingerprint density at radius 1 is 0.895 bits per heavy atom. The van der Waals surface area contributed by atoms with Crippen LogP contribution in [0.4, 0.5) is 5.69 Å². The van der Waals surface area contributed by atoms with Crippen molar-refractivity contribution >= 4 is 27.2 Å². The van der Waals surface area contributed by atoms with Gasteiger partial charge in [0.25, 0.3) is 15.9 Å².